The van der Waals surface area contributed by atoms with Gasteiger partial charge in [0, 0.05) is 11.6 Å². The Morgan fingerprint density at radius 3 is 2.29 bits per heavy atom. The molecule has 0 aliphatic rings. The first-order chi connectivity index (χ1) is 7.81. The normalized spacial score (nSPS) is 11.6. The van der Waals surface area contributed by atoms with Gasteiger partial charge < -0.3 is 9.47 Å². The Labute approximate surface area is 96.4 Å². The predicted octanol–water partition coefficient (Wildman–Crippen LogP) is 0.684. The number of sulfonamides is 1. The molecule has 0 radical (unpaired) electrons. The Morgan fingerprint density at radius 2 is 1.94 bits per heavy atom. The zero-order valence-corrected chi connectivity index (χ0v) is 9.79. The minimum Gasteiger partial charge on any atom is -0.481 e. The van der Waals surface area contributed by atoms with Gasteiger partial charge in [0.1, 0.15) is 0 Å². The number of ether oxygens (including phenoxy) is 2. The van der Waals surface area contributed by atoms with Gasteiger partial charge in [0.05, 0.1) is 14.2 Å². The highest BCUT2D eigenvalue weighted by atomic mass is 32.2. The van der Waals surface area contributed by atoms with E-state index in [1.807, 2.05) is 0 Å². The van der Waals surface area contributed by atoms with E-state index in [-0.39, 0.29) is 5.88 Å². The number of aromatic nitrogens is 1. The fourth-order valence-corrected chi connectivity index (χ4v) is 2.05. The van der Waals surface area contributed by atoms with E-state index in [9.17, 15) is 17.2 Å². The van der Waals surface area contributed by atoms with Crippen LogP contribution in [0.3, 0.4) is 0 Å². The molecule has 0 spiro atoms. The number of nitrogens with zero attached hydrogens (tertiary/aromatic N) is 1. The first kappa shape index (κ1) is 13.6. The van der Waals surface area contributed by atoms with E-state index in [0.29, 0.717) is 0 Å². The molecular formula is C8H10F2N2O4S. The van der Waals surface area contributed by atoms with Crippen molar-refractivity contribution in [2.24, 2.45) is 5.14 Å². The number of methoxy groups -OCH3 is 2. The van der Waals surface area contributed by atoms with Crippen molar-refractivity contribution in [1.29, 1.82) is 0 Å². The molecule has 0 saturated heterocycles. The zero-order chi connectivity index (χ0) is 13.2. The summed E-state index contributed by atoms with van der Waals surface area (Å²) in [6.07, 6.45) is -3.05. The Balaban J connectivity index is 3.65. The molecule has 0 aliphatic carbocycles. The summed E-state index contributed by atoms with van der Waals surface area (Å²) >= 11 is 0. The molecule has 0 aromatic carbocycles. The molecular weight excluding hydrogens is 258 g/mol. The maximum Gasteiger partial charge on any atom is 0.265 e. The summed E-state index contributed by atoms with van der Waals surface area (Å²) in [7, 11) is -2.08. The van der Waals surface area contributed by atoms with Crippen LogP contribution in [-0.2, 0) is 10.0 Å². The molecule has 0 fully saturated rings. The predicted molar refractivity (Wildman–Crippen MR) is 53.7 cm³/mol. The minimum absolute atomic E-state index is 0.190. The summed E-state index contributed by atoms with van der Waals surface area (Å²) < 4.78 is 57.2. The highest BCUT2D eigenvalue weighted by Gasteiger charge is 2.27. The summed E-state index contributed by atoms with van der Waals surface area (Å²) in [6, 6.07) is 0.799. The highest BCUT2D eigenvalue weighted by Crippen LogP contribution is 2.34. The van der Waals surface area contributed by atoms with Gasteiger partial charge in [-0.2, -0.15) is 4.98 Å². The molecule has 0 unspecified atom stereocenters. The fraction of sp³-hybridized carbons (Fsp3) is 0.375. The van der Waals surface area contributed by atoms with Crippen LogP contribution in [0.2, 0.25) is 0 Å². The average Bonchev–Trinajstić information content (AvgIpc) is 2.25. The highest BCUT2D eigenvalue weighted by molar-refractivity contribution is 7.89. The smallest absolute Gasteiger partial charge is 0.265 e. The summed E-state index contributed by atoms with van der Waals surface area (Å²) in [4.78, 5) is 2.75. The van der Waals surface area contributed by atoms with Gasteiger partial charge in [-0.15, -0.1) is 0 Å². The van der Waals surface area contributed by atoms with Crippen molar-refractivity contribution >= 4 is 10.0 Å². The fourth-order valence-electron chi connectivity index (χ4n) is 1.20. The second-order valence-corrected chi connectivity index (χ2v) is 4.44. The first-order valence-corrected chi connectivity index (χ1v) is 5.79. The molecule has 1 aromatic rings. The largest absolute Gasteiger partial charge is 0.481 e. The van der Waals surface area contributed by atoms with Gasteiger partial charge in [0.15, 0.2) is 4.90 Å². The zero-order valence-electron chi connectivity index (χ0n) is 8.98. The van der Waals surface area contributed by atoms with E-state index in [4.69, 9.17) is 5.14 Å². The molecule has 0 bridgehead atoms. The van der Waals surface area contributed by atoms with Crippen LogP contribution in [0.25, 0.3) is 0 Å². The van der Waals surface area contributed by atoms with Crippen LogP contribution in [0.1, 0.15) is 12.0 Å². The molecule has 0 atom stereocenters. The minimum atomic E-state index is -4.37. The van der Waals surface area contributed by atoms with Gasteiger partial charge >= 0.3 is 0 Å². The maximum absolute atomic E-state index is 12.7. The molecule has 0 amide bonds. The van der Waals surface area contributed by atoms with Gasteiger partial charge in [0.2, 0.25) is 21.8 Å². The van der Waals surface area contributed by atoms with Crippen LogP contribution < -0.4 is 14.6 Å². The summed E-state index contributed by atoms with van der Waals surface area (Å²) in [5, 5.41) is 4.84. The SMILES string of the molecule is COc1cc(C(F)F)c(S(N)(=O)=O)c(OC)n1. The molecule has 2 N–H and O–H groups in total. The van der Waals surface area contributed by atoms with E-state index in [1.54, 1.807) is 0 Å². The quantitative estimate of drug-likeness (QED) is 0.867. The lowest BCUT2D eigenvalue weighted by Gasteiger charge is -2.12. The van der Waals surface area contributed by atoms with Crippen molar-refractivity contribution in [3.63, 3.8) is 0 Å². The Hall–Kier alpha value is -1.48. The van der Waals surface area contributed by atoms with Crippen molar-refractivity contribution < 1.29 is 26.7 Å². The van der Waals surface area contributed by atoms with Gasteiger partial charge in [-0.1, -0.05) is 0 Å². The number of primary sulfonamides is 1. The molecule has 96 valence electrons. The second kappa shape index (κ2) is 4.80. The molecule has 6 nitrogen and oxygen atoms in total. The summed E-state index contributed by atoms with van der Waals surface area (Å²) in [6.45, 7) is 0. The van der Waals surface area contributed by atoms with Crippen LogP contribution in [-0.4, -0.2) is 27.6 Å². The monoisotopic (exact) mass is 268 g/mol. The van der Waals surface area contributed by atoms with Crippen molar-refractivity contribution in [2.45, 2.75) is 11.3 Å². The van der Waals surface area contributed by atoms with E-state index < -0.39 is 32.8 Å². The number of alkyl halides is 2. The van der Waals surface area contributed by atoms with Crippen LogP contribution in [0.4, 0.5) is 8.78 Å². The van der Waals surface area contributed by atoms with E-state index in [1.165, 1.54) is 7.11 Å². The number of halogens is 2. The van der Waals surface area contributed by atoms with Crippen LogP contribution >= 0.6 is 0 Å². The number of rotatable bonds is 4. The number of pyridine rings is 1. The van der Waals surface area contributed by atoms with Crippen molar-refractivity contribution in [1.82, 2.24) is 4.98 Å². The van der Waals surface area contributed by atoms with Crippen LogP contribution in [0.5, 0.6) is 11.8 Å². The standard InChI is InChI=1S/C8H10F2N2O4S/c1-15-5-3-4(7(9)10)6(17(11,13)14)8(12-5)16-2/h3,7H,1-2H3,(H2,11,13,14). The van der Waals surface area contributed by atoms with Crippen molar-refractivity contribution in [3.05, 3.63) is 11.6 Å². The van der Waals surface area contributed by atoms with Gasteiger partial charge in [-0.05, 0) is 0 Å². The van der Waals surface area contributed by atoms with E-state index >= 15 is 0 Å². The third-order valence-corrected chi connectivity index (χ3v) is 2.85. The van der Waals surface area contributed by atoms with Crippen molar-refractivity contribution in [3.8, 4) is 11.8 Å². The summed E-state index contributed by atoms with van der Waals surface area (Å²) in [5.41, 5.74) is -0.809. The summed E-state index contributed by atoms with van der Waals surface area (Å²) in [5.74, 6) is -0.716. The average molecular weight is 268 g/mol. The molecule has 0 saturated carbocycles. The molecule has 9 heteroatoms. The lowest BCUT2D eigenvalue weighted by molar-refractivity contribution is 0.146. The van der Waals surface area contributed by atoms with Gasteiger partial charge in [0.25, 0.3) is 6.43 Å². The Bertz CT molecular complexity index is 519. The number of hydrogen-bond acceptors (Lipinski definition) is 5. The molecule has 1 rings (SSSR count). The molecule has 0 aliphatic heterocycles. The van der Waals surface area contributed by atoms with Crippen LogP contribution in [0, 0.1) is 0 Å². The molecule has 1 aromatic heterocycles. The molecule has 17 heavy (non-hydrogen) atoms. The van der Waals surface area contributed by atoms with E-state index in [0.717, 1.165) is 13.2 Å². The topological polar surface area (TPSA) is 91.5 Å². The maximum atomic E-state index is 12.7. The number of hydrogen-bond donors (Lipinski definition) is 1. The van der Waals surface area contributed by atoms with E-state index in [2.05, 4.69) is 14.5 Å². The third kappa shape index (κ3) is 2.80. The Kier molecular flexibility index (Phi) is 3.83. The van der Waals surface area contributed by atoms with Gasteiger partial charge in [-0.25, -0.2) is 22.3 Å². The number of nitrogens with two attached hydrogens (primary N) is 1. The molecule has 1 heterocycles. The van der Waals surface area contributed by atoms with Crippen molar-refractivity contribution in [2.75, 3.05) is 14.2 Å². The Morgan fingerprint density at radius 1 is 1.35 bits per heavy atom. The lowest BCUT2D eigenvalue weighted by Crippen LogP contribution is -2.17. The second-order valence-electron chi connectivity index (χ2n) is 2.94. The lowest BCUT2D eigenvalue weighted by atomic mass is 10.2. The van der Waals surface area contributed by atoms with Gasteiger partial charge in [-0.3, -0.25) is 0 Å². The first-order valence-electron chi connectivity index (χ1n) is 4.25. The third-order valence-electron chi connectivity index (χ3n) is 1.87. The van der Waals surface area contributed by atoms with Crippen LogP contribution in [0.15, 0.2) is 11.0 Å².